The Kier molecular flexibility index (Phi) is 5.25. The molecule has 0 bridgehead atoms. The van der Waals surface area contributed by atoms with Crippen molar-refractivity contribution < 1.29 is 26.3 Å². The Morgan fingerprint density at radius 3 is 1.57 bits per heavy atom. The van der Waals surface area contributed by atoms with Gasteiger partial charge in [0.15, 0.2) is 5.92 Å². The summed E-state index contributed by atoms with van der Waals surface area (Å²) in [5.41, 5.74) is 0. The molecule has 0 aliphatic heterocycles. The highest BCUT2D eigenvalue weighted by molar-refractivity contribution is 9.09. The Morgan fingerprint density at radius 1 is 0.857 bits per heavy atom. The summed E-state index contributed by atoms with van der Waals surface area (Å²) in [6.07, 6.45) is -11.1. The molecule has 0 aromatic carbocycles. The van der Waals surface area contributed by atoms with Gasteiger partial charge in [0.1, 0.15) is 0 Å². The first-order valence-electron chi connectivity index (χ1n) is 3.89. The number of rotatable bonds is 4. The van der Waals surface area contributed by atoms with Gasteiger partial charge in [0.2, 0.25) is 0 Å². The second-order valence-electron chi connectivity index (χ2n) is 2.82. The fraction of sp³-hybridized carbons (Fsp3) is 1.00. The van der Waals surface area contributed by atoms with Crippen molar-refractivity contribution in [3.05, 3.63) is 0 Å². The van der Waals surface area contributed by atoms with E-state index in [1.807, 2.05) is 0 Å². The molecule has 14 heavy (non-hydrogen) atoms. The van der Waals surface area contributed by atoms with E-state index >= 15 is 0 Å². The van der Waals surface area contributed by atoms with Crippen LogP contribution in [0.1, 0.15) is 19.3 Å². The Hall–Kier alpha value is 0.0600. The Bertz CT molecular complexity index is 147. The van der Waals surface area contributed by atoms with Gasteiger partial charge in [0.25, 0.3) is 0 Å². The van der Waals surface area contributed by atoms with Crippen molar-refractivity contribution in [2.24, 2.45) is 5.92 Å². The summed E-state index contributed by atoms with van der Waals surface area (Å²) in [5, 5.41) is 0.412. The van der Waals surface area contributed by atoms with Crippen molar-refractivity contribution in [3.63, 3.8) is 0 Å². The summed E-state index contributed by atoms with van der Waals surface area (Å²) in [6, 6.07) is 0. The molecular formula is C7H9BrF6. The number of hydrogen-bond donors (Lipinski definition) is 0. The molecule has 0 N–H and O–H groups in total. The molecule has 0 heterocycles. The maximum absolute atomic E-state index is 11.9. The van der Waals surface area contributed by atoms with E-state index < -0.39 is 24.7 Å². The first-order chi connectivity index (χ1) is 6.19. The van der Waals surface area contributed by atoms with Crippen molar-refractivity contribution in [2.45, 2.75) is 31.6 Å². The fourth-order valence-corrected chi connectivity index (χ4v) is 1.35. The maximum Gasteiger partial charge on any atom is 0.400 e. The molecule has 0 aliphatic rings. The SMILES string of the molecule is FC(F)(F)C(CCCCBr)C(F)(F)F. The molecule has 86 valence electrons. The Labute approximate surface area is 85.8 Å². The van der Waals surface area contributed by atoms with Crippen molar-refractivity contribution in [3.8, 4) is 0 Å². The molecular weight excluding hydrogens is 278 g/mol. The van der Waals surface area contributed by atoms with Crippen LogP contribution in [0.3, 0.4) is 0 Å². The highest BCUT2D eigenvalue weighted by atomic mass is 79.9. The van der Waals surface area contributed by atoms with Crippen molar-refractivity contribution >= 4 is 15.9 Å². The summed E-state index contributed by atoms with van der Waals surface area (Å²) in [4.78, 5) is 0. The average molecular weight is 287 g/mol. The van der Waals surface area contributed by atoms with Gasteiger partial charge in [-0.15, -0.1) is 0 Å². The van der Waals surface area contributed by atoms with Crippen LogP contribution in [0.5, 0.6) is 0 Å². The van der Waals surface area contributed by atoms with E-state index in [0.29, 0.717) is 11.8 Å². The molecule has 0 saturated heterocycles. The largest absolute Gasteiger partial charge is 0.400 e. The van der Waals surface area contributed by atoms with E-state index in [4.69, 9.17) is 0 Å². The fourth-order valence-electron chi connectivity index (χ4n) is 0.956. The minimum Gasteiger partial charge on any atom is -0.170 e. The van der Waals surface area contributed by atoms with E-state index in [2.05, 4.69) is 15.9 Å². The van der Waals surface area contributed by atoms with Gasteiger partial charge in [-0.2, -0.15) is 26.3 Å². The minimum absolute atomic E-state index is 0.0884. The van der Waals surface area contributed by atoms with Crippen molar-refractivity contribution in [1.82, 2.24) is 0 Å². The molecule has 0 fully saturated rings. The molecule has 7 heteroatoms. The normalized spacial score (nSPS) is 13.7. The zero-order valence-electron chi connectivity index (χ0n) is 7.05. The summed E-state index contributed by atoms with van der Waals surface area (Å²) in [6.45, 7) is 0. The van der Waals surface area contributed by atoms with Gasteiger partial charge < -0.3 is 0 Å². The summed E-state index contributed by atoms with van der Waals surface area (Å²) >= 11 is 2.94. The van der Waals surface area contributed by atoms with Crippen molar-refractivity contribution in [1.29, 1.82) is 0 Å². The number of unbranched alkanes of at least 4 members (excludes halogenated alkanes) is 1. The molecule has 0 radical (unpaired) electrons. The third-order valence-corrected chi connectivity index (χ3v) is 2.23. The lowest BCUT2D eigenvalue weighted by Crippen LogP contribution is -2.36. The van der Waals surface area contributed by atoms with Crippen LogP contribution in [-0.2, 0) is 0 Å². The van der Waals surface area contributed by atoms with Gasteiger partial charge in [-0.3, -0.25) is 0 Å². The van der Waals surface area contributed by atoms with Crippen molar-refractivity contribution in [2.75, 3.05) is 5.33 Å². The maximum atomic E-state index is 11.9. The van der Waals surface area contributed by atoms with Gasteiger partial charge in [0, 0.05) is 5.33 Å². The van der Waals surface area contributed by atoms with Gasteiger partial charge in [0.05, 0.1) is 0 Å². The molecule has 0 atom stereocenters. The van der Waals surface area contributed by atoms with Crippen LogP contribution in [0, 0.1) is 5.92 Å². The molecule has 0 spiro atoms. The van der Waals surface area contributed by atoms with Gasteiger partial charge in [-0.05, 0) is 12.8 Å². The minimum atomic E-state index is -5.19. The quantitative estimate of drug-likeness (QED) is 0.411. The van der Waals surface area contributed by atoms with Crippen LogP contribution >= 0.6 is 15.9 Å². The van der Waals surface area contributed by atoms with E-state index in [1.165, 1.54) is 0 Å². The summed E-state index contributed by atoms with van der Waals surface area (Å²) < 4.78 is 71.5. The number of alkyl halides is 7. The second kappa shape index (κ2) is 5.23. The smallest absolute Gasteiger partial charge is 0.170 e. The van der Waals surface area contributed by atoms with E-state index in [-0.39, 0.29) is 6.42 Å². The first-order valence-corrected chi connectivity index (χ1v) is 5.01. The average Bonchev–Trinajstić information content (AvgIpc) is 1.92. The zero-order valence-corrected chi connectivity index (χ0v) is 8.64. The Balaban J connectivity index is 4.28. The summed E-state index contributed by atoms with van der Waals surface area (Å²) in [7, 11) is 0. The van der Waals surface area contributed by atoms with Crippen LogP contribution in [0.25, 0.3) is 0 Å². The number of halogens is 7. The monoisotopic (exact) mass is 286 g/mol. The lowest BCUT2D eigenvalue weighted by Gasteiger charge is -2.22. The molecule has 0 aliphatic carbocycles. The zero-order chi connectivity index (χ0) is 11.4. The highest BCUT2D eigenvalue weighted by Gasteiger charge is 2.55. The van der Waals surface area contributed by atoms with Crippen LogP contribution < -0.4 is 0 Å². The molecule has 0 nitrogen and oxygen atoms in total. The first kappa shape index (κ1) is 14.1. The predicted octanol–water partition coefficient (Wildman–Crippen LogP) is 4.29. The van der Waals surface area contributed by atoms with Gasteiger partial charge in [-0.25, -0.2) is 0 Å². The van der Waals surface area contributed by atoms with Gasteiger partial charge in [-0.1, -0.05) is 22.4 Å². The third-order valence-electron chi connectivity index (χ3n) is 1.67. The molecule has 0 aromatic rings. The van der Waals surface area contributed by atoms with E-state index in [0.717, 1.165) is 0 Å². The van der Waals surface area contributed by atoms with E-state index in [9.17, 15) is 26.3 Å². The number of hydrogen-bond acceptors (Lipinski definition) is 0. The second-order valence-corrected chi connectivity index (χ2v) is 3.61. The molecule has 0 unspecified atom stereocenters. The van der Waals surface area contributed by atoms with Gasteiger partial charge >= 0.3 is 12.4 Å². The molecule has 0 rings (SSSR count). The third kappa shape index (κ3) is 5.07. The van der Waals surface area contributed by atoms with Crippen LogP contribution in [0.15, 0.2) is 0 Å². The standard InChI is InChI=1S/C7H9BrF6/c8-4-2-1-3-5(6(9,10)11)7(12,13)14/h5H,1-4H2. The Morgan fingerprint density at radius 2 is 1.29 bits per heavy atom. The van der Waals surface area contributed by atoms with Crippen LogP contribution in [-0.4, -0.2) is 17.7 Å². The van der Waals surface area contributed by atoms with Crippen LogP contribution in [0.4, 0.5) is 26.3 Å². The molecule has 0 amide bonds. The van der Waals surface area contributed by atoms with E-state index in [1.54, 1.807) is 0 Å². The highest BCUT2D eigenvalue weighted by Crippen LogP contribution is 2.42. The molecule has 0 aromatic heterocycles. The predicted molar refractivity (Wildman–Crippen MR) is 43.2 cm³/mol. The lowest BCUT2D eigenvalue weighted by molar-refractivity contribution is -0.285. The summed E-state index contributed by atoms with van der Waals surface area (Å²) in [5.74, 6) is -3.19. The topological polar surface area (TPSA) is 0 Å². The van der Waals surface area contributed by atoms with Crippen LogP contribution in [0.2, 0.25) is 0 Å². The molecule has 0 saturated carbocycles. The lowest BCUT2D eigenvalue weighted by atomic mass is 10.0.